The van der Waals surface area contributed by atoms with Crippen molar-refractivity contribution in [3.05, 3.63) is 0 Å². The van der Waals surface area contributed by atoms with Crippen LogP contribution < -0.4 is 10.6 Å². The SMILES string of the molecule is CN=C(NCCNC(=O)C(C)(C)C)N1CCN(CC(=O)N2CCCC2)CC1.I. The molecule has 0 unspecified atom stereocenters. The minimum atomic E-state index is -0.371. The summed E-state index contributed by atoms with van der Waals surface area (Å²) in [4.78, 5) is 34.9. The summed E-state index contributed by atoms with van der Waals surface area (Å²) in [6.45, 7) is 12.7. The van der Waals surface area contributed by atoms with E-state index in [9.17, 15) is 9.59 Å². The van der Waals surface area contributed by atoms with Crippen LogP contribution >= 0.6 is 24.0 Å². The summed E-state index contributed by atoms with van der Waals surface area (Å²) in [7, 11) is 1.78. The first-order chi connectivity index (χ1) is 12.8. The number of nitrogens with one attached hydrogen (secondary N) is 2. The smallest absolute Gasteiger partial charge is 0.236 e. The zero-order chi connectivity index (χ0) is 19.9. The summed E-state index contributed by atoms with van der Waals surface area (Å²) >= 11 is 0. The van der Waals surface area contributed by atoms with Crippen LogP contribution in [0.5, 0.6) is 0 Å². The lowest BCUT2D eigenvalue weighted by Crippen LogP contribution is -2.54. The second-order valence-corrected chi connectivity index (χ2v) is 8.33. The molecule has 2 N–H and O–H groups in total. The van der Waals surface area contributed by atoms with Crippen LogP contribution in [0.3, 0.4) is 0 Å². The van der Waals surface area contributed by atoms with Gasteiger partial charge in [0.2, 0.25) is 11.8 Å². The third kappa shape index (κ3) is 7.73. The molecule has 0 radical (unpaired) electrons. The van der Waals surface area contributed by atoms with Crippen molar-refractivity contribution >= 4 is 41.8 Å². The molecule has 0 aliphatic carbocycles. The molecule has 2 fully saturated rings. The van der Waals surface area contributed by atoms with Crippen LogP contribution in [-0.2, 0) is 9.59 Å². The van der Waals surface area contributed by atoms with Crippen LogP contribution in [0.4, 0.5) is 0 Å². The van der Waals surface area contributed by atoms with Gasteiger partial charge in [0, 0.05) is 64.8 Å². The first kappa shape index (κ1) is 24.9. The van der Waals surface area contributed by atoms with Gasteiger partial charge >= 0.3 is 0 Å². The van der Waals surface area contributed by atoms with Crippen LogP contribution in [0.2, 0.25) is 0 Å². The molecule has 8 nitrogen and oxygen atoms in total. The number of carbonyl (C=O) groups excluding carboxylic acids is 2. The Balaban J connectivity index is 0.00000392. The van der Waals surface area contributed by atoms with Crippen molar-refractivity contribution in [1.82, 2.24) is 25.3 Å². The average Bonchev–Trinajstić information content (AvgIpc) is 3.16. The van der Waals surface area contributed by atoms with Gasteiger partial charge in [0.1, 0.15) is 0 Å². The molecule has 28 heavy (non-hydrogen) atoms. The molecule has 0 aromatic carbocycles. The zero-order valence-electron chi connectivity index (χ0n) is 17.8. The van der Waals surface area contributed by atoms with Crippen molar-refractivity contribution in [2.24, 2.45) is 10.4 Å². The largest absolute Gasteiger partial charge is 0.354 e. The van der Waals surface area contributed by atoms with Gasteiger partial charge in [-0.2, -0.15) is 0 Å². The normalized spacial score (nSPS) is 18.6. The lowest BCUT2D eigenvalue weighted by atomic mass is 9.96. The van der Waals surface area contributed by atoms with Crippen LogP contribution in [0.1, 0.15) is 33.6 Å². The Morgan fingerprint density at radius 3 is 2.00 bits per heavy atom. The van der Waals surface area contributed by atoms with E-state index in [1.165, 1.54) is 0 Å². The van der Waals surface area contributed by atoms with Gasteiger partial charge < -0.3 is 20.4 Å². The average molecular weight is 508 g/mol. The van der Waals surface area contributed by atoms with Gasteiger partial charge in [-0.3, -0.25) is 19.5 Å². The Kier molecular flexibility index (Phi) is 10.5. The molecule has 0 saturated carbocycles. The first-order valence-corrected chi connectivity index (χ1v) is 10.1. The fourth-order valence-electron chi connectivity index (χ4n) is 3.32. The van der Waals surface area contributed by atoms with E-state index >= 15 is 0 Å². The van der Waals surface area contributed by atoms with Crippen molar-refractivity contribution < 1.29 is 9.59 Å². The number of aliphatic imine (C=N–C) groups is 1. The summed E-state index contributed by atoms with van der Waals surface area (Å²) in [5, 5.41) is 6.25. The number of piperazine rings is 1. The van der Waals surface area contributed by atoms with E-state index in [1.807, 2.05) is 25.7 Å². The Labute approximate surface area is 186 Å². The highest BCUT2D eigenvalue weighted by atomic mass is 127. The van der Waals surface area contributed by atoms with Crippen molar-refractivity contribution in [2.45, 2.75) is 33.6 Å². The molecule has 0 atom stereocenters. The highest BCUT2D eigenvalue weighted by Crippen LogP contribution is 2.12. The van der Waals surface area contributed by atoms with E-state index in [2.05, 4.69) is 25.4 Å². The first-order valence-electron chi connectivity index (χ1n) is 10.1. The van der Waals surface area contributed by atoms with E-state index in [4.69, 9.17) is 0 Å². The molecule has 2 aliphatic heterocycles. The molecule has 0 bridgehead atoms. The standard InChI is InChI=1S/C19H36N6O2.HI/c1-19(2,3)17(27)21-7-8-22-18(20-4)25-13-11-23(12-14-25)15-16(26)24-9-5-6-10-24;/h5-15H2,1-4H3,(H,20,22)(H,21,27);1H. The molecule has 2 aliphatic rings. The maximum atomic E-state index is 12.3. The third-order valence-electron chi connectivity index (χ3n) is 5.08. The lowest BCUT2D eigenvalue weighted by molar-refractivity contribution is -0.131. The second-order valence-electron chi connectivity index (χ2n) is 8.33. The molecule has 0 spiro atoms. The fraction of sp³-hybridized carbons (Fsp3) is 0.842. The Bertz CT molecular complexity index is 535. The number of nitrogens with zero attached hydrogens (tertiary/aromatic N) is 4. The van der Waals surface area contributed by atoms with Gasteiger partial charge in [-0.15, -0.1) is 24.0 Å². The second kappa shape index (κ2) is 11.8. The van der Waals surface area contributed by atoms with Crippen LogP contribution in [-0.4, -0.2) is 98.4 Å². The Morgan fingerprint density at radius 2 is 1.46 bits per heavy atom. The van der Waals surface area contributed by atoms with Gasteiger partial charge in [-0.25, -0.2) is 0 Å². The van der Waals surface area contributed by atoms with E-state index in [0.29, 0.717) is 19.6 Å². The van der Waals surface area contributed by atoms with E-state index < -0.39 is 0 Å². The molecule has 2 rings (SSSR count). The molecular weight excluding hydrogens is 471 g/mol. The number of carbonyl (C=O) groups is 2. The molecule has 2 amide bonds. The summed E-state index contributed by atoms with van der Waals surface area (Å²) in [6, 6.07) is 0. The quantitative estimate of drug-likeness (QED) is 0.246. The summed E-state index contributed by atoms with van der Waals surface area (Å²) in [6.07, 6.45) is 2.27. The number of hydrogen-bond donors (Lipinski definition) is 2. The highest BCUT2D eigenvalue weighted by molar-refractivity contribution is 14.0. The van der Waals surface area contributed by atoms with Gasteiger partial charge in [0.15, 0.2) is 5.96 Å². The fourth-order valence-corrected chi connectivity index (χ4v) is 3.32. The monoisotopic (exact) mass is 508 g/mol. The highest BCUT2D eigenvalue weighted by Gasteiger charge is 2.24. The molecule has 162 valence electrons. The van der Waals surface area contributed by atoms with Gasteiger partial charge in [0.05, 0.1) is 6.54 Å². The van der Waals surface area contributed by atoms with Crippen molar-refractivity contribution in [1.29, 1.82) is 0 Å². The van der Waals surface area contributed by atoms with Crippen molar-refractivity contribution in [2.75, 3.05) is 66.0 Å². The number of hydrogen-bond acceptors (Lipinski definition) is 4. The topological polar surface area (TPSA) is 80.3 Å². The maximum Gasteiger partial charge on any atom is 0.236 e. The van der Waals surface area contributed by atoms with Gasteiger partial charge in [-0.05, 0) is 12.8 Å². The molecular formula is C19H37IN6O2. The maximum absolute atomic E-state index is 12.3. The molecule has 2 saturated heterocycles. The van der Waals surface area contributed by atoms with Gasteiger partial charge in [-0.1, -0.05) is 20.8 Å². The van der Waals surface area contributed by atoms with Crippen LogP contribution in [0, 0.1) is 5.41 Å². The molecule has 2 heterocycles. The number of guanidine groups is 1. The van der Waals surface area contributed by atoms with E-state index in [1.54, 1.807) is 7.05 Å². The van der Waals surface area contributed by atoms with E-state index in [0.717, 1.165) is 58.1 Å². The minimum absolute atomic E-state index is 0. The molecule has 0 aromatic rings. The number of halogens is 1. The van der Waals surface area contributed by atoms with Crippen molar-refractivity contribution in [3.8, 4) is 0 Å². The summed E-state index contributed by atoms with van der Waals surface area (Å²) in [5.74, 6) is 1.17. The van der Waals surface area contributed by atoms with Crippen molar-refractivity contribution in [3.63, 3.8) is 0 Å². The van der Waals surface area contributed by atoms with Crippen LogP contribution in [0.15, 0.2) is 4.99 Å². The lowest BCUT2D eigenvalue weighted by Gasteiger charge is -2.36. The van der Waals surface area contributed by atoms with E-state index in [-0.39, 0.29) is 41.2 Å². The summed E-state index contributed by atoms with van der Waals surface area (Å²) in [5.41, 5.74) is -0.371. The molecule has 0 aromatic heterocycles. The number of likely N-dealkylation sites (tertiary alicyclic amines) is 1. The predicted molar refractivity (Wildman–Crippen MR) is 123 cm³/mol. The number of amides is 2. The third-order valence-corrected chi connectivity index (χ3v) is 5.08. The Hall–Kier alpha value is -1.10. The minimum Gasteiger partial charge on any atom is -0.354 e. The number of rotatable bonds is 5. The summed E-state index contributed by atoms with van der Waals surface area (Å²) < 4.78 is 0. The predicted octanol–water partition coefficient (Wildman–Crippen LogP) is 0.582. The molecule has 9 heteroatoms. The zero-order valence-corrected chi connectivity index (χ0v) is 20.1. The Morgan fingerprint density at radius 1 is 0.893 bits per heavy atom. The van der Waals surface area contributed by atoms with Crippen LogP contribution in [0.25, 0.3) is 0 Å². The van der Waals surface area contributed by atoms with Gasteiger partial charge in [0.25, 0.3) is 0 Å².